The fourth-order valence-electron chi connectivity index (χ4n) is 3.87. The average Bonchev–Trinajstić information content (AvgIpc) is 2.82. The minimum atomic E-state index is -0.326. The molecular weight excluding hydrogens is 390 g/mol. The Morgan fingerprint density at radius 2 is 2.00 bits per heavy atom. The van der Waals surface area contributed by atoms with Crippen LogP contribution in [0.1, 0.15) is 37.7 Å². The number of aromatic nitrogens is 3. The van der Waals surface area contributed by atoms with Gasteiger partial charge in [-0.25, -0.2) is 19.7 Å². The van der Waals surface area contributed by atoms with Crippen molar-refractivity contribution >= 4 is 23.4 Å². The summed E-state index contributed by atoms with van der Waals surface area (Å²) in [4.78, 5) is 27.7. The number of nitriles is 1. The molecule has 1 aromatic carbocycles. The largest absolute Gasteiger partial charge is 0.396 e. The standard InChI is InChI=1S/C23H23N7O/c24-14-16-5-4-6-17(13-16)20-10-9-19(25)22(28-20)30(18-7-2-1-3-8-18)23(31)29-21-11-12-26-15-27-21/h4-6,9-13,15,18H,1-3,7-8,25H2,(H,26,27,29,31). The van der Waals surface area contributed by atoms with E-state index in [0.29, 0.717) is 28.6 Å². The molecule has 1 aliphatic rings. The summed E-state index contributed by atoms with van der Waals surface area (Å²) in [7, 11) is 0. The zero-order valence-electron chi connectivity index (χ0n) is 17.0. The number of anilines is 3. The summed E-state index contributed by atoms with van der Waals surface area (Å²) in [5.41, 5.74) is 8.71. The molecular formula is C23H23N7O. The highest BCUT2D eigenvalue weighted by atomic mass is 16.2. The molecule has 2 heterocycles. The summed E-state index contributed by atoms with van der Waals surface area (Å²) in [6, 6.07) is 14.2. The first kappa shape index (κ1) is 20.3. The predicted octanol–water partition coefficient (Wildman–Crippen LogP) is 4.36. The van der Waals surface area contributed by atoms with E-state index in [1.54, 1.807) is 41.4 Å². The van der Waals surface area contributed by atoms with E-state index in [9.17, 15) is 10.1 Å². The molecule has 3 aromatic rings. The van der Waals surface area contributed by atoms with Crippen molar-refractivity contribution in [3.63, 3.8) is 0 Å². The highest BCUT2D eigenvalue weighted by molar-refractivity contribution is 6.03. The molecule has 3 N–H and O–H groups in total. The van der Waals surface area contributed by atoms with E-state index in [-0.39, 0.29) is 12.1 Å². The minimum absolute atomic E-state index is 0.00826. The van der Waals surface area contributed by atoms with Gasteiger partial charge in [-0.3, -0.25) is 10.2 Å². The van der Waals surface area contributed by atoms with Gasteiger partial charge in [-0.1, -0.05) is 31.4 Å². The number of hydrogen-bond acceptors (Lipinski definition) is 6. The van der Waals surface area contributed by atoms with Gasteiger partial charge in [-0.15, -0.1) is 0 Å². The maximum Gasteiger partial charge on any atom is 0.328 e. The van der Waals surface area contributed by atoms with Crippen LogP contribution in [0.25, 0.3) is 11.3 Å². The number of carbonyl (C=O) groups excluding carboxylic acids is 1. The third kappa shape index (κ3) is 4.61. The van der Waals surface area contributed by atoms with Crippen molar-refractivity contribution in [2.24, 2.45) is 0 Å². The number of amides is 2. The molecule has 0 bridgehead atoms. The molecule has 0 saturated heterocycles. The van der Waals surface area contributed by atoms with Crippen LogP contribution in [0.15, 0.2) is 55.0 Å². The molecule has 1 saturated carbocycles. The Morgan fingerprint density at radius 3 is 2.74 bits per heavy atom. The SMILES string of the molecule is N#Cc1cccc(-c2ccc(N)c(N(C(=O)Nc3ccncn3)C3CCCCC3)n2)c1. The predicted molar refractivity (Wildman–Crippen MR) is 119 cm³/mol. The van der Waals surface area contributed by atoms with E-state index in [0.717, 1.165) is 37.7 Å². The van der Waals surface area contributed by atoms with Crippen molar-refractivity contribution in [1.29, 1.82) is 5.26 Å². The number of carbonyl (C=O) groups is 1. The van der Waals surface area contributed by atoms with Gasteiger partial charge in [-0.2, -0.15) is 5.26 Å². The molecule has 156 valence electrons. The van der Waals surface area contributed by atoms with Crippen LogP contribution in [0.4, 0.5) is 22.1 Å². The van der Waals surface area contributed by atoms with Gasteiger partial charge in [0.2, 0.25) is 0 Å². The van der Waals surface area contributed by atoms with Crippen LogP contribution < -0.4 is 16.0 Å². The van der Waals surface area contributed by atoms with Crippen molar-refractivity contribution in [2.75, 3.05) is 16.0 Å². The average molecular weight is 413 g/mol. The van der Waals surface area contributed by atoms with E-state index in [1.807, 2.05) is 12.1 Å². The lowest BCUT2D eigenvalue weighted by molar-refractivity contribution is 0.252. The Hall–Kier alpha value is -3.99. The summed E-state index contributed by atoms with van der Waals surface area (Å²) < 4.78 is 0. The highest BCUT2D eigenvalue weighted by Gasteiger charge is 2.30. The Balaban J connectivity index is 1.73. The van der Waals surface area contributed by atoms with Crippen LogP contribution in [-0.2, 0) is 0 Å². The Bertz CT molecular complexity index is 1100. The van der Waals surface area contributed by atoms with E-state index in [4.69, 9.17) is 10.7 Å². The second-order valence-corrected chi connectivity index (χ2v) is 7.49. The molecule has 0 unspecified atom stereocenters. The molecule has 1 aliphatic carbocycles. The summed E-state index contributed by atoms with van der Waals surface area (Å²) in [6.45, 7) is 0. The molecule has 0 aliphatic heterocycles. The zero-order chi connectivity index (χ0) is 21.6. The fourth-order valence-corrected chi connectivity index (χ4v) is 3.87. The number of nitrogens with two attached hydrogens (primary N) is 1. The molecule has 8 heteroatoms. The molecule has 4 rings (SSSR count). The number of pyridine rings is 1. The first-order valence-electron chi connectivity index (χ1n) is 10.3. The van der Waals surface area contributed by atoms with E-state index >= 15 is 0 Å². The van der Waals surface area contributed by atoms with E-state index in [1.165, 1.54) is 6.33 Å². The lowest BCUT2D eigenvalue weighted by Gasteiger charge is -2.34. The van der Waals surface area contributed by atoms with Gasteiger partial charge in [-0.05, 0) is 43.2 Å². The Kier molecular flexibility index (Phi) is 6.03. The number of nitrogens with one attached hydrogen (secondary N) is 1. The van der Waals surface area contributed by atoms with Crippen LogP contribution >= 0.6 is 0 Å². The molecule has 1 fully saturated rings. The maximum absolute atomic E-state index is 13.3. The summed E-state index contributed by atoms with van der Waals surface area (Å²) in [5, 5.41) is 12.1. The van der Waals surface area contributed by atoms with E-state index in [2.05, 4.69) is 21.4 Å². The number of nitrogens with zero attached hydrogens (tertiary/aromatic N) is 5. The van der Waals surface area contributed by atoms with Gasteiger partial charge >= 0.3 is 6.03 Å². The lowest BCUT2D eigenvalue weighted by atomic mass is 9.94. The van der Waals surface area contributed by atoms with E-state index < -0.39 is 0 Å². The van der Waals surface area contributed by atoms with Crippen molar-refractivity contribution in [3.05, 3.63) is 60.6 Å². The quantitative estimate of drug-likeness (QED) is 0.655. The van der Waals surface area contributed by atoms with Gasteiger partial charge in [0, 0.05) is 17.8 Å². The van der Waals surface area contributed by atoms with Gasteiger partial charge in [0.1, 0.15) is 12.1 Å². The summed E-state index contributed by atoms with van der Waals surface area (Å²) >= 11 is 0. The van der Waals surface area contributed by atoms with Crippen LogP contribution in [0.2, 0.25) is 0 Å². The highest BCUT2D eigenvalue weighted by Crippen LogP contribution is 2.32. The Labute approximate surface area is 180 Å². The zero-order valence-corrected chi connectivity index (χ0v) is 17.0. The summed E-state index contributed by atoms with van der Waals surface area (Å²) in [6.07, 6.45) is 7.97. The number of benzene rings is 1. The molecule has 0 radical (unpaired) electrons. The summed E-state index contributed by atoms with van der Waals surface area (Å²) in [5.74, 6) is 0.829. The third-order valence-corrected chi connectivity index (χ3v) is 5.40. The van der Waals surface area contributed by atoms with Crippen LogP contribution in [0, 0.1) is 11.3 Å². The molecule has 2 amide bonds. The fraction of sp³-hybridized carbons (Fsp3) is 0.261. The van der Waals surface area contributed by atoms with Gasteiger partial charge in [0.05, 0.1) is 23.0 Å². The molecule has 2 aromatic heterocycles. The monoisotopic (exact) mass is 413 g/mol. The maximum atomic E-state index is 13.3. The Morgan fingerprint density at radius 1 is 1.16 bits per heavy atom. The van der Waals surface area contributed by atoms with Crippen molar-refractivity contribution in [3.8, 4) is 17.3 Å². The number of rotatable bonds is 4. The molecule has 0 spiro atoms. The first-order valence-corrected chi connectivity index (χ1v) is 10.3. The second kappa shape index (κ2) is 9.22. The number of urea groups is 1. The van der Waals surface area contributed by atoms with Crippen molar-refractivity contribution in [2.45, 2.75) is 38.1 Å². The number of nitrogen functional groups attached to an aromatic ring is 1. The van der Waals surface area contributed by atoms with Crippen LogP contribution in [0.5, 0.6) is 0 Å². The van der Waals surface area contributed by atoms with Gasteiger partial charge < -0.3 is 5.73 Å². The smallest absolute Gasteiger partial charge is 0.328 e. The number of hydrogen-bond donors (Lipinski definition) is 2. The normalized spacial score (nSPS) is 13.9. The third-order valence-electron chi connectivity index (χ3n) is 5.40. The van der Waals surface area contributed by atoms with Gasteiger partial charge in [0.15, 0.2) is 5.82 Å². The topological polar surface area (TPSA) is 121 Å². The molecule has 8 nitrogen and oxygen atoms in total. The van der Waals surface area contributed by atoms with Crippen molar-refractivity contribution < 1.29 is 4.79 Å². The second-order valence-electron chi connectivity index (χ2n) is 7.49. The van der Waals surface area contributed by atoms with Gasteiger partial charge in [0.25, 0.3) is 0 Å². The molecule has 0 atom stereocenters. The van der Waals surface area contributed by atoms with Crippen molar-refractivity contribution in [1.82, 2.24) is 15.0 Å². The van der Waals surface area contributed by atoms with Crippen LogP contribution in [-0.4, -0.2) is 27.0 Å². The first-order chi connectivity index (χ1) is 15.2. The molecule has 31 heavy (non-hydrogen) atoms. The van der Waals surface area contributed by atoms with Crippen LogP contribution in [0.3, 0.4) is 0 Å². The minimum Gasteiger partial charge on any atom is -0.396 e. The lowest BCUT2D eigenvalue weighted by Crippen LogP contribution is -2.45.